The van der Waals surface area contributed by atoms with E-state index in [1.54, 1.807) is 58.0 Å². The first-order valence-corrected chi connectivity index (χ1v) is 52.1. The molecule has 0 radical (unpaired) electrons. The van der Waals surface area contributed by atoms with Gasteiger partial charge in [0.2, 0.25) is 0 Å². The molecule has 37 heteroatoms. The molecule has 8 aliphatic carbocycles. The molecule has 30 nitrogen and oxygen atoms in total. The highest BCUT2D eigenvalue weighted by Crippen LogP contribution is 2.58. The van der Waals surface area contributed by atoms with Gasteiger partial charge in [-0.05, 0) is 219 Å². The molecule has 4 aromatic carbocycles. The quantitative estimate of drug-likeness (QED) is 0.0344. The van der Waals surface area contributed by atoms with Gasteiger partial charge in [0.25, 0.3) is 40.2 Å². The summed E-state index contributed by atoms with van der Waals surface area (Å²) in [5, 5.41) is 17.4. The van der Waals surface area contributed by atoms with Crippen LogP contribution in [0.25, 0.3) is 0 Å². The molecule has 7 N–H and O–H groups in total. The van der Waals surface area contributed by atoms with Crippen LogP contribution in [-0.2, 0) is 46.3 Å². The van der Waals surface area contributed by atoms with Gasteiger partial charge in [-0.3, -0.25) is 33.9 Å². The van der Waals surface area contributed by atoms with Gasteiger partial charge in [0.15, 0.2) is 46.0 Å². The lowest BCUT2D eigenvalue weighted by Gasteiger charge is -2.47. The number of methoxy groups -OCH3 is 2. The number of likely N-dealkylation sites (tertiary alicyclic amines) is 3. The van der Waals surface area contributed by atoms with Gasteiger partial charge in [0.05, 0.1) is 122 Å². The van der Waals surface area contributed by atoms with Crippen molar-refractivity contribution in [3.8, 4) is 46.0 Å². The van der Waals surface area contributed by atoms with Crippen LogP contribution in [0.15, 0.2) is 46.0 Å². The summed E-state index contributed by atoms with van der Waals surface area (Å²) < 4.78 is 83.2. The van der Waals surface area contributed by atoms with Crippen LogP contribution in [0.5, 0.6) is 46.0 Å². The maximum Gasteiger partial charge on any atom is 0.338 e. The molecule has 141 heavy (non-hydrogen) atoms. The van der Waals surface area contributed by atoms with Crippen LogP contribution in [0, 0.1) is 65.2 Å². The fraction of sp³-hybridized carbons (Fsp3) is 0.625. The molecule has 6 aromatic rings. The molecule has 4 atom stereocenters. The highest BCUT2D eigenvalue weighted by atomic mass is 35.5. The molecule has 12 fully saturated rings. The van der Waals surface area contributed by atoms with Gasteiger partial charge in [0.1, 0.15) is 5.78 Å². The first kappa shape index (κ1) is 106. The minimum atomic E-state index is -1.01. The Bertz CT molecular complexity index is 5740. The number of amides is 1. The van der Waals surface area contributed by atoms with Crippen LogP contribution >= 0.6 is 82.0 Å². The topological polar surface area (TPSA) is 360 Å². The second-order valence-electron chi connectivity index (χ2n) is 41.2. The number of carbonyl (C=O) groups is 5. The predicted octanol–water partition coefficient (Wildman–Crippen LogP) is 18.8. The second-order valence-corrected chi connectivity index (χ2v) is 43.7. The van der Waals surface area contributed by atoms with Gasteiger partial charge >= 0.3 is 17.9 Å². The number of fused-ring (bicyclic) bond motifs is 4. The number of rotatable bonds is 22. The number of halogens is 7. The van der Waals surface area contributed by atoms with E-state index in [4.69, 9.17) is 142 Å². The van der Waals surface area contributed by atoms with Gasteiger partial charge in [-0.2, -0.15) is 0 Å². The number of hydrogen-bond acceptors (Lipinski definition) is 26. The third-order valence-electron chi connectivity index (χ3n) is 30.7. The van der Waals surface area contributed by atoms with Crippen LogP contribution in [0.3, 0.4) is 0 Å². The number of nitrogens with two attached hydrogens (primary N) is 1. The van der Waals surface area contributed by atoms with E-state index in [2.05, 4.69) is 35.3 Å². The van der Waals surface area contributed by atoms with Gasteiger partial charge in [-0.15, -0.1) is 12.4 Å². The van der Waals surface area contributed by atoms with Gasteiger partial charge in [-0.25, -0.2) is 14.4 Å². The van der Waals surface area contributed by atoms with Crippen molar-refractivity contribution in [3.05, 3.63) is 154 Å². The lowest BCUT2D eigenvalue weighted by Crippen LogP contribution is -2.58. The fourth-order valence-corrected chi connectivity index (χ4v) is 22.9. The monoisotopic (exact) mass is 2090 g/mol. The number of nitrogens with one attached hydrogen (secondary N) is 4. The average Bonchev–Trinajstić information content (AvgIpc) is 1.61. The molecule has 10 heterocycles. The van der Waals surface area contributed by atoms with Crippen molar-refractivity contribution in [1.29, 1.82) is 0 Å². The number of benzene rings is 4. The van der Waals surface area contributed by atoms with E-state index >= 15 is 0 Å². The average molecular weight is 2100 g/mol. The zero-order chi connectivity index (χ0) is 99.5. The summed E-state index contributed by atoms with van der Waals surface area (Å²) in [6.07, 6.45) is 29.4. The molecule has 22 rings (SSSR count). The van der Waals surface area contributed by atoms with E-state index in [9.17, 15) is 38.7 Å². The van der Waals surface area contributed by atoms with E-state index in [1.807, 2.05) is 41.5 Å². The molecule has 8 saturated carbocycles. The highest BCUT2D eigenvalue weighted by molar-refractivity contribution is 6.34. The zero-order valence-corrected chi connectivity index (χ0v) is 87.6. The number of carboxylic acids is 1. The Morgan fingerprint density at radius 1 is 0.390 bits per heavy atom. The van der Waals surface area contributed by atoms with E-state index in [1.165, 1.54) is 71.7 Å². The van der Waals surface area contributed by atoms with Crippen LogP contribution in [-0.4, -0.2) is 216 Å². The molecular formula is C104H133Cl7N8O22. The number of Topliss-reactive ketones (excluding diaryl/α,β-unsaturated/α-hetero) is 1. The first-order chi connectivity index (χ1) is 66.8. The second kappa shape index (κ2) is 44.2. The fourth-order valence-electron chi connectivity index (χ4n) is 21.3. The number of pyridine rings is 2. The number of nitrogens with zero attached hydrogens (tertiary/aromatic N) is 3. The van der Waals surface area contributed by atoms with E-state index in [-0.39, 0.29) is 77.5 Å². The van der Waals surface area contributed by atoms with Gasteiger partial charge in [-0.1, -0.05) is 69.6 Å². The van der Waals surface area contributed by atoms with Crippen molar-refractivity contribution < 1.29 is 95.4 Å². The zero-order valence-electron chi connectivity index (χ0n) is 82.3. The summed E-state index contributed by atoms with van der Waals surface area (Å²) >= 11 is 37.6. The molecule has 1 amide bonds. The van der Waals surface area contributed by atoms with Crippen LogP contribution in [0.4, 0.5) is 0 Å². The number of ether oxygens (including phenoxy) is 14. The number of aromatic amines is 2. The number of carbonyl (C=O) groups excluding carboxylic acids is 4. The molecule has 4 saturated heterocycles. The normalized spacial score (nSPS) is 27.2. The Hall–Kier alpha value is -7.60. The Balaban J connectivity index is 0.000000128. The van der Waals surface area contributed by atoms with E-state index < -0.39 is 41.1 Å². The summed E-state index contributed by atoms with van der Waals surface area (Å²) in [4.78, 5) is 96.4. The Labute approximate surface area is 859 Å². The van der Waals surface area contributed by atoms with Crippen molar-refractivity contribution in [2.75, 3.05) is 66.6 Å². The number of ketones is 1. The summed E-state index contributed by atoms with van der Waals surface area (Å²) in [6, 6.07) is 11.4. The van der Waals surface area contributed by atoms with Crippen molar-refractivity contribution in [2.45, 2.75) is 327 Å². The Morgan fingerprint density at radius 3 is 0.965 bits per heavy atom. The molecule has 4 unspecified atom stereocenters. The van der Waals surface area contributed by atoms with E-state index in [0.717, 1.165) is 148 Å². The number of carboxylic acid groups (broad SMARTS) is 1. The van der Waals surface area contributed by atoms with Crippen molar-refractivity contribution in [2.24, 2.45) is 29.4 Å². The number of H-pyrrole nitrogens is 2. The molecule has 16 aliphatic rings. The summed E-state index contributed by atoms with van der Waals surface area (Å²) in [5.74, 6) is -0.449. The van der Waals surface area contributed by atoms with Crippen molar-refractivity contribution >= 4 is 112 Å². The molecule has 770 valence electrons. The molecule has 0 spiro atoms. The van der Waals surface area contributed by atoms with Gasteiger partial charge in [0, 0.05) is 186 Å². The molecule has 8 aliphatic heterocycles. The lowest BCUT2D eigenvalue weighted by molar-refractivity contribution is -0.135. The number of aromatic nitrogens is 2. The van der Waals surface area contributed by atoms with Gasteiger partial charge < -0.3 is 97.8 Å². The maximum absolute atomic E-state index is 13.1. The molecule has 2 aromatic heterocycles. The molecule has 0 bridgehead atoms. The lowest BCUT2D eigenvalue weighted by atomic mass is 9.80. The number of aryl methyl sites for hydroxylation is 2. The third-order valence-corrected chi connectivity index (χ3v) is 32.5. The Morgan fingerprint density at radius 2 is 0.674 bits per heavy atom. The summed E-state index contributed by atoms with van der Waals surface area (Å²) in [5.41, 5.74) is 10.8. The smallest absolute Gasteiger partial charge is 0.338 e. The van der Waals surface area contributed by atoms with Crippen molar-refractivity contribution in [1.82, 2.24) is 35.3 Å². The summed E-state index contributed by atoms with van der Waals surface area (Å²) in [6.45, 7) is 27.2. The number of aromatic carboxylic acids is 1. The SMILES string of the molecule is C1CC1OC1CNC1.COC(=O)c1cc(Cl)c2c(c1C)OC(C)(C1CCC(=O)CC1)O2.COC(=O)c1cc(Cl)c2c(c1C)OC(C)(C1CCC(N3CC(OC4CC4)C3)CC1)O2.Cc1c(C(=O)O)cc(Cl)c2c1OC(C)(C1CCC(N3CC(OC4CC4)C3)CC1)O2.Cc1cc(Cl)c(CN)c(=O)[nH]1.Cc1cc(Cl)c(CNC(=O)c2cc(Cl)c3c(c2C)OC(C)(C2CCC(N4CC(OC5CC5)C4)CC2)O3)c(=O)[nH]1.Cl. The number of hydrogen-bond donors (Lipinski definition) is 6. The van der Waals surface area contributed by atoms with Crippen LogP contribution in [0.1, 0.15) is 268 Å². The molecular weight excluding hydrogens is 1960 g/mol. The third kappa shape index (κ3) is 24.1. The predicted molar refractivity (Wildman–Crippen MR) is 536 cm³/mol. The largest absolute Gasteiger partial charge is 0.478 e. The van der Waals surface area contributed by atoms with Crippen molar-refractivity contribution in [3.63, 3.8) is 0 Å². The standard InChI is InChI=1S/C29H35Cl2N3O5.C23H30ClNO5.C22H28ClNO5.C17H19ClO5.C7H9ClN2O.C6H11NO.ClH/c1-15-10-23(30)22(28(36)33-15)12-32-27(35)21-11-24(31)26-25(16(21)2)38-29(3,39-26)17-4-6-18(7-5-17)34-13-20(14-34)37-19-8-9-19;1-13-18(22(26)27-3)10-19(24)21-20(13)29-23(2,30-21)14-4-6-15(7-5-14)25-11-17(12-25)28-16-8-9-16;1-12-17(21(25)26)9-18(23)20-19(12)28-22(2,29-20)13-3-5-14(6-4-13)24-10-16(11-24)27-15-7-8-15;1-9-12(16(20)21-3)8-13(18)15-14(9)22-17(2,23-15)10-4-6-11(19)7-5-10;1-4-2-6(8)5(3-9)7(11)10-4;1-2-5(1)8-6-3-7-4-6;/h10-11,17-20H,4-9,12-14H2,1-3H3,(H,32,35)(H,33,36);10,14-17H,4-9,11-12H2,1-3H3;9,13-16H,3-8,10-11H2,1-2H3,(H,25,26);8,10H,4-7H2,1-3H3;2H,3,9H2,1H3,(H,10,11);5-7H,1-4H2;1H. The Kier molecular flexibility index (Phi) is 33.3. The van der Waals surface area contributed by atoms with Crippen LogP contribution < -0.4 is 65.4 Å². The van der Waals surface area contributed by atoms with Crippen LogP contribution in [0.2, 0.25) is 30.1 Å². The van der Waals surface area contributed by atoms with E-state index in [0.29, 0.717) is 212 Å². The maximum atomic E-state index is 13.1. The first-order valence-electron chi connectivity index (χ1n) is 49.8. The highest BCUT2D eigenvalue weighted by Gasteiger charge is 2.55. The number of esters is 2. The minimum absolute atomic E-state index is 0. The minimum Gasteiger partial charge on any atom is -0.478 e. The summed E-state index contributed by atoms with van der Waals surface area (Å²) in [7, 11) is 2.69.